The molecule has 1 atom stereocenters. The Hall–Kier alpha value is -1.10. The van der Waals surface area contributed by atoms with E-state index in [1.807, 2.05) is 0 Å². The van der Waals surface area contributed by atoms with Crippen LogP contribution in [0.2, 0.25) is 0 Å². The first-order valence-electron chi connectivity index (χ1n) is 5.03. The predicted molar refractivity (Wildman–Crippen MR) is 54.0 cm³/mol. The fraction of sp³-hybridized carbons (Fsp3) is 0.778. The molecule has 1 saturated carbocycles. The molecule has 3 N–H and O–H groups in total. The van der Waals surface area contributed by atoms with Crippen molar-refractivity contribution in [3.05, 3.63) is 0 Å². The van der Waals surface area contributed by atoms with Crippen molar-refractivity contribution in [2.24, 2.45) is 10.8 Å². The summed E-state index contributed by atoms with van der Waals surface area (Å²) in [5.74, 6) is 0. The van der Waals surface area contributed by atoms with E-state index in [0.717, 1.165) is 24.7 Å². The maximum Gasteiger partial charge on any atom is 0.332 e. The van der Waals surface area contributed by atoms with E-state index in [4.69, 9.17) is 5.73 Å². The van der Waals surface area contributed by atoms with Crippen LogP contribution >= 0.6 is 0 Å². The number of nitrogens with zero attached hydrogens (tertiary/aromatic N) is 2. The molecule has 1 unspecified atom stereocenters. The molecular formula is C9H16N4O. The molecular weight excluding hydrogens is 180 g/mol. The number of carbonyl (C=O) groups excluding carboxylic acids is 1. The fourth-order valence-electron chi connectivity index (χ4n) is 2.00. The number of hydrogen-bond acceptors (Lipinski definition) is 3. The molecule has 14 heavy (non-hydrogen) atoms. The quantitative estimate of drug-likeness (QED) is 0.622. The van der Waals surface area contributed by atoms with Crippen LogP contribution in [0.15, 0.2) is 5.10 Å². The van der Waals surface area contributed by atoms with E-state index in [9.17, 15) is 4.79 Å². The number of rotatable bonds is 2. The van der Waals surface area contributed by atoms with Gasteiger partial charge in [-0.15, -0.1) is 0 Å². The van der Waals surface area contributed by atoms with Crippen LogP contribution in [0.5, 0.6) is 0 Å². The van der Waals surface area contributed by atoms with Crippen LogP contribution < -0.4 is 11.2 Å². The van der Waals surface area contributed by atoms with Gasteiger partial charge in [0.05, 0.1) is 5.71 Å². The van der Waals surface area contributed by atoms with Crippen LogP contribution in [-0.2, 0) is 0 Å². The normalized spacial score (nSPS) is 30.9. The molecule has 0 aromatic heterocycles. The minimum atomic E-state index is -0.588. The number of urea groups is 1. The van der Waals surface area contributed by atoms with Gasteiger partial charge in [-0.1, -0.05) is 0 Å². The number of likely N-dealkylation sites (tertiary alicyclic amines) is 1. The smallest absolute Gasteiger partial charge is 0.332 e. The molecule has 0 aromatic carbocycles. The van der Waals surface area contributed by atoms with Crippen LogP contribution in [-0.4, -0.2) is 35.3 Å². The van der Waals surface area contributed by atoms with Gasteiger partial charge in [0.15, 0.2) is 0 Å². The van der Waals surface area contributed by atoms with Gasteiger partial charge in [-0.2, -0.15) is 5.10 Å². The Bertz CT molecular complexity index is 272. The summed E-state index contributed by atoms with van der Waals surface area (Å²) in [6.45, 7) is 3.08. The minimum absolute atomic E-state index is 0.552. The molecule has 1 aliphatic carbocycles. The lowest BCUT2D eigenvalue weighted by Gasteiger charge is -2.18. The second-order valence-corrected chi connectivity index (χ2v) is 4.11. The lowest BCUT2D eigenvalue weighted by Crippen LogP contribution is -2.30. The van der Waals surface area contributed by atoms with Crippen molar-refractivity contribution < 1.29 is 4.79 Å². The zero-order valence-electron chi connectivity index (χ0n) is 8.36. The van der Waals surface area contributed by atoms with E-state index in [0.29, 0.717) is 6.04 Å². The monoisotopic (exact) mass is 196 g/mol. The highest BCUT2D eigenvalue weighted by Gasteiger charge is 2.37. The van der Waals surface area contributed by atoms with Gasteiger partial charge in [0.25, 0.3) is 0 Å². The topological polar surface area (TPSA) is 70.7 Å². The summed E-state index contributed by atoms with van der Waals surface area (Å²) in [5, 5.41) is 3.98. The number of primary amides is 1. The summed E-state index contributed by atoms with van der Waals surface area (Å²) in [6.07, 6.45) is 3.55. The predicted octanol–water partition coefficient (Wildman–Crippen LogP) is 0.267. The molecule has 1 heterocycles. The first kappa shape index (κ1) is 9.45. The summed E-state index contributed by atoms with van der Waals surface area (Å²) in [4.78, 5) is 12.9. The average molecular weight is 196 g/mol. The molecule has 78 valence electrons. The van der Waals surface area contributed by atoms with Crippen molar-refractivity contribution in [3.8, 4) is 0 Å². The number of hydrazone groups is 1. The summed E-state index contributed by atoms with van der Waals surface area (Å²) in [6, 6.07) is 0.720. The van der Waals surface area contributed by atoms with Gasteiger partial charge in [0.2, 0.25) is 0 Å². The molecule has 2 amide bonds. The van der Waals surface area contributed by atoms with Crippen molar-refractivity contribution in [1.29, 1.82) is 0 Å². The van der Waals surface area contributed by atoms with E-state index in [1.165, 1.54) is 12.8 Å². The van der Waals surface area contributed by atoms with Crippen LogP contribution in [0.1, 0.15) is 26.2 Å². The van der Waals surface area contributed by atoms with Gasteiger partial charge in [-0.25, -0.2) is 10.2 Å². The molecule has 0 bridgehead atoms. The second-order valence-electron chi connectivity index (χ2n) is 4.11. The zero-order chi connectivity index (χ0) is 10.1. The number of carbonyl (C=O) groups is 1. The standard InChI is InChI=1S/C9H16N4O/c1-6-4-7(11-12-9(10)14)5-13(6)8-2-3-8/h6,8H,2-5H2,1H3,(H3,10,12,14)/b11-7+. The Morgan fingerprint density at radius 3 is 2.93 bits per heavy atom. The second kappa shape index (κ2) is 3.57. The van der Waals surface area contributed by atoms with Gasteiger partial charge in [-0.3, -0.25) is 4.90 Å². The third-order valence-electron chi connectivity index (χ3n) is 2.80. The highest BCUT2D eigenvalue weighted by Crippen LogP contribution is 2.32. The van der Waals surface area contributed by atoms with Gasteiger partial charge in [0.1, 0.15) is 0 Å². The van der Waals surface area contributed by atoms with Crippen LogP contribution in [0, 0.1) is 0 Å². The Morgan fingerprint density at radius 2 is 2.36 bits per heavy atom. The van der Waals surface area contributed by atoms with Crippen LogP contribution in [0.4, 0.5) is 4.79 Å². The van der Waals surface area contributed by atoms with Crippen LogP contribution in [0.3, 0.4) is 0 Å². The lowest BCUT2D eigenvalue weighted by molar-refractivity contribution is 0.249. The molecule has 0 radical (unpaired) electrons. The molecule has 5 heteroatoms. The maximum absolute atomic E-state index is 10.5. The summed E-state index contributed by atoms with van der Waals surface area (Å²) in [7, 11) is 0. The van der Waals surface area contributed by atoms with Crippen LogP contribution in [0.25, 0.3) is 0 Å². The van der Waals surface area contributed by atoms with Gasteiger partial charge in [0, 0.05) is 25.0 Å². The summed E-state index contributed by atoms with van der Waals surface area (Å²) >= 11 is 0. The number of nitrogens with two attached hydrogens (primary N) is 1. The Morgan fingerprint density at radius 1 is 1.64 bits per heavy atom. The number of hydrogen-bond donors (Lipinski definition) is 2. The third kappa shape index (κ3) is 2.04. The van der Waals surface area contributed by atoms with Crippen molar-refractivity contribution in [1.82, 2.24) is 10.3 Å². The highest BCUT2D eigenvalue weighted by molar-refractivity contribution is 5.89. The van der Waals surface area contributed by atoms with Crippen molar-refractivity contribution in [2.45, 2.75) is 38.3 Å². The third-order valence-corrected chi connectivity index (χ3v) is 2.80. The number of amides is 2. The zero-order valence-corrected chi connectivity index (χ0v) is 8.36. The Labute approximate surface area is 83.3 Å². The summed E-state index contributed by atoms with van der Waals surface area (Å²) < 4.78 is 0. The van der Waals surface area contributed by atoms with E-state index < -0.39 is 6.03 Å². The molecule has 0 spiro atoms. The van der Waals surface area contributed by atoms with Crippen molar-refractivity contribution in [2.75, 3.05) is 6.54 Å². The van der Waals surface area contributed by atoms with Crippen molar-refractivity contribution >= 4 is 11.7 Å². The lowest BCUT2D eigenvalue weighted by atomic mass is 10.2. The van der Waals surface area contributed by atoms with Gasteiger partial charge >= 0.3 is 6.03 Å². The molecule has 0 aromatic rings. The SMILES string of the molecule is CC1C/C(=N\NC(N)=O)CN1C1CC1. The number of nitrogens with one attached hydrogen (secondary N) is 1. The fourth-order valence-corrected chi connectivity index (χ4v) is 2.00. The average Bonchev–Trinajstić information content (AvgIpc) is 2.88. The Balaban J connectivity index is 1.91. The van der Waals surface area contributed by atoms with E-state index >= 15 is 0 Å². The Kier molecular flexibility index (Phi) is 2.41. The van der Waals surface area contributed by atoms with E-state index in [-0.39, 0.29) is 0 Å². The summed E-state index contributed by atoms with van der Waals surface area (Å²) in [5.41, 5.74) is 8.26. The first-order chi connectivity index (χ1) is 6.66. The molecule has 2 fully saturated rings. The van der Waals surface area contributed by atoms with Gasteiger partial charge in [-0.05, 0) is 19.8 Å². The molecule has 2 rings (SSSR count). The van der Waals surface area contributed by atoms with Crippen molar-refractivity contribution in [3.63, 3.8) is 0 Å². The van der Waals surface area contributed by atoms with E-state index in [1.54, 1.807) is 0 Å². The van der Waals surface area contributed by atoms with Gasteiger partial charge < -0.3 is 5.73 Å². The largest absolute Gasteiger partial charge is 0.350 e. The van der Waals surface area contributed by atoms with E-state index in [2.05, 4.69) is 22.4 Å². The minimum Gasteiger partial charge on any atom is -0.350 e. The molecule has 2 aliphatic rings. The molecule has 1 saturated heterocycles. The molecule has 1 aliphatic heterocycles. The maximum atomic E-state index is 10.5. The molecule has 5 nitrogen and oxygen atoms in total. The highest BCUT2D eigenvalue weighted by atomic mass is 16.2. The first-order valence-corrected chi connectivity index (χ1v) is 5.03.